The molecular formula is C23H30N6O. The van der Waals surface area contributed by atoms with Crippen LogP contribution >= 0.6 is 0 Å². The summed E-state index contributed by atoms with van der Waals surface area (Å²) >= 11 is 0. The number of aromatic nitrogens is 4. The largest absolute Gasteiger partial charge is 0.353 e. The molecule has 4 rings (SSSR count). The summed E-state index contributed by atoms with van der Waals surface area (Å²) in [5.41, 5.74) is 3.85. The number of benzene rings is 1. The molecule has 1 aromatic carbocycles. The first-order chi connectivity index (χ1) is 14.5. The lowest BCUT2D eigenvalue weighted by Gasteiger charge is -2.32. The van der Waals surface area contributed by atoms with Gasteiger partial charge in [0.05, 0.1) is 22.5 Å². The zero-order chi connectivity index (χ0) is 21.3. The Balaban J connectivity index is 1.60. The van der Waals surface area contributed by atoms with Crippen LogP contribution in [0.15, 0.2) is 30.3 Å². The number of aryl methyl sites for hydroxylation is 2. The van der Waals surface area contributed by atoms with Gasteiger partial charge in [-0.05, 0) is 52.2 Å². The second-order valence-electron chi connectivity index (χ2n) is 8.24. The number of carbonyl (C=O) groups excluding carboxylic acids is 1. The average Bonchev–Trinajstić information content (AvgIpc) is 3.12. The van der Waals surface area contributed by atoms with E-state index in [1.54, 1.807) is 0 Å². The third-order valence-electron chi connectivity index (χ3n) is 6.15. The Bertz CT molecular complexity index is 1040. The maximum absolute atomic E-state index is 12.5. The first kappa shape index (κ1) is 20.3. The second-order valence-corrected chi connectivity index (χ2v) is 8.24. The molecule has 0 radical (unpaired) electrons. The summed E-state index contributed by atoms with van der Waals surface area (Å²) in [6.07, 6.45) is 2.58. The van der Waals surface area contributed by atoms with Crippen molar-refractivity contribution >= 4 is 22.6 Å². The van der Waals surface area contributed by atoms with Crippen molar-refractivity contribution in [2.75, 3.05) is 18.0 Å². The van der Waals surface area contributed by atoms with E-state index in [0.29, 0.717) is 0 Å². The maximum Gasteiger partial charge on any atom is 0.223 e. The Morgan fingerprint density at radius 1 is 1.17 bits per heavy atom. The Labute approximate surface area is 177 Å². The third-order valence-corrected chi connectivity index (χ3v) is 6.15. The fourth-order valence-corrected chi connectivity index (χ4v) is 4.16. The number of anilines is 1. The SMILES string of the molecule is CC[C@H](C)NC(=O)C1CCN(c2nnc(C)c3c(C)n(-c4ccccc4)nc23)CC1. The molecule has 0 aliphatic carbocycles. The van der Waals surface area contributed by atoms with Crippen LogP contribution in [0.3, 0.4) is 0 Å². The molecule has 1 aliphatic rings. The molecule has 1 amide bonds. The van der Waals surface area contributed by atoms with Gasteiger partial charge in [-0.25, -0.2) is 4.68 Å². The van der Waals surface area contributed by atoms with Gasteiger partial charge in [-0.15, -0.1) is 5.10 Å². The minimum absolute atomic E-state index is 0.0627. The zero-order valence-electron chi connectivity index (χ0n) is 18.2. The van der Waals surface area contributed by atoms with Gasteiger partial charge < -0.3 is 10.2 Å². The first-order valence-electron chi connectivity index (χ1n) is 10.8. The van der Waals surface area contributed by atoms with Crippen LogP contribution in [0.25, 0.3) is 16.6 Å². The van der Waals surface area contributed by atoms with Crippen molar-refractivity contribution in [1.82, 2.24) is 25.3 Å². The minimum atomic E-state index is 0.0627. The van der Waals surface area contributed by atoms with E-state index in [4.69, 9.17) is 5.10 Å². The number of amides is 1. The lowest BCUT2D eigenvalue weighted by molar-refractivity contribution is -0.126. The highest BCUT2D eigenvalue weighted by atomic mass is 16.1. The lowest BCUT2D eigenvalue weighted by Crippen LogP contribution is -2.43. The number of carbonyl (C=O) groups is 1. The fourth-order valence-electron chi connectivity index (χ4n) is 4.16. The monoisotopic (exact) mass is 406 g/mol. The van der Waals surface area contributed by atoms with E-state index >= 15 is 0 Å². The molecule has 158 valence electrons. The summed E-state index contributed by atoms with van der Waals surface area (Å²) in [6, 6.07) is 10.4. The van der Waals surface area contributed by atoms with Crippen molar-refractivity contribution in [2.24, 2.45) is 5.92 Å². The number of para-hydroxylation sites is 1. The van der Waals surface area contributed by atoms with Gasteiger partial charge in [0, 0.05) is 25.0 Å². The molecule has 3 aromatic rings. The molecule has 1 N–H and O–H groups in total. The first-order valence-corrected chi connectivity index (χ1v) is 10.8. The van der Waals surface area contributed by atoms with Crippen LogP contribution in [-0.4, -0.2) is 45.0 Å². The van der Waals surface area contributed by atoms with E-state index in [1.807, 2.05) is 29.8 Å². The van der Waals surface area contributed by atoms with Crippen molar-refractivity contribution in [3.05, 3.63) is 41.7 Å². The number of nitrogens with zero attached hydrogens (tertiary/aromatic N) is 5. The zero-order valence-corrected chi connectivity index (χ0v) is 18.2. The van der Waals surface area contributed by atoms with Gasteiger partial charge in [0.1, 0.15) is 5.52 Å². The number of nitrogens with one attached hydrogen (secondary N) is 1. The topological polar surface area (TPSA) is 75.9 Å². The highest BCUT2D eigenvalue weighted by Crippen LogP contribution is 2.31. The maximum atomic E-state index is 12.5. The Hall–Kier alpha value is -2.96. The van der Waals surface area contributed by atoms with Crippen LogP contribution in [0.5, 0.6) is 0 Å². The van der Waals surface area contributed by atoms with Gasteiger partial charge >= 0.3 is 0 Å². The molecule has 30 heavy (non-hydrogen) atoms. The standard InChI is InChI=1S/C23H30N6O/c1-5-15(2)24-23(30)18-11-13-28(14-12-18)22-21-20(16(3)25-26-22)17(4)29(27-21)19-9-7-6-8-10-19/h6-10,15,18H,5,11-14H2,1-4H3,(H,24,30)/t15-/m0/s1. The number of hydrogen-bond donors (Lipinski definition) is 1. The quantitative estimate of drug-likeness (QED) is 0.701. The van der Waals surface area contributed by atoms with Crippen LogP contribution < -0.4 is 10.2 Å². The molecule has 7 heteroatoms. The second kappa shape index (κ2) is 8.42. The minimum Gasteiger partial charge on any atom is -0.353 e. The van der Waals surface area contributed by atoms with Crippen LogP contribution in [0.2, 0.25) is 0 Å². The van der Waals surface area contributed by atoms with E-state index in [9.17, 15) is 4.79 Å². The number of fused-ring (bicyclic) bond motifs is 1. The molecule has 0 bridgehead atoms. The molecule has 0 spiro atoms. The van der Waals surface area contributed by atoms with Crippen LogP contribution in [0, 0.1) is 19.8 Å². The summed E-state index contributed by atoms with van der Waals surface area (Å²) < 4.78 is 1.97. The molecule has 7 nitrogen and oxygen atoms in total. The number of piperidine rings is 1. The van der Waals surface area contributed by atoms with Crippen molar-refractivity contribution in [3.63, 3.8) is 0 Å². The molecule has 1 saturated heterocycles. The smallest absolute Gasteiger partial charge is 0.223 e. The Kier molecular flexibility index (Phi) is 5.70. The predicted molar refractivity (Wildman–Crippen MR) is 119 cm³/mol. The van der Waals surface area contributed by atoms with Crippen LogP contribution in [0.1, 0.15) is 44.5 Å². The highest BCUT2D eigenvalue weighted by molar-refractivity contribution is 5.92. The lowest BCUT2D eigenvalue weighted by atomic mass is 9.95. The Morgan fingerprint density at radius 2 is 1.87 bits per heavy atom. The predicted octanol–water partition coefficient (Wildman–Crippen LogP) is 3.56. The third kappa shape index (κ3) is 3.76. The molecule has 1 atom stereocenters. The van der Waals surface area contributed by atoms with Crippen molar-refractivity contribution in [1.29, 1.82) is 0 Å². The Morgan fingerprint density at radius 3 is 2.53 bits per heavy atom. The molecule has 2 aromatic heterocycles. The van der Waals surface area contributed by atoms with Gasteiger partial charge in [0.15, 0.2) is 5.82 Å². The van der Waals surface area contributed by atoms with Crippen molar-refractivity contribution in [3.8, 4) is 5.69 Å². The van der Waals surface area contributed by atoms with E-state index < -0.39 is 0 Å². The average molecular weight is 407 g/mol. The summed E-state index contributed by atoms with van der Waals surface area (Å²) in [7, 11) is 0. The van der Waals surface area contributed by atoms with Gasteiger partial charge in [0.25, 0.3) is 0 Å². The number of rotatable bonds is 5. The van der Waals surface area contributed by atoms with E-state index in [2.05, 4.69) is 53.3 Å². The van der Waals surface area contributed by atoms with Gasteiger partial charge in [0.2, 0.25) is 5.91 Å². The van der Waals surface area contributed by atoms with Gasteiger partial charge in [-0.2, -0.15) is 10.2 Å². The van der Waals surface area contributed by atoms with Gasteiger partial charge in [-0.1, -0.05) is 25.1 Å². The summed E-state index contributed by atoms with van der Waals surface area (Å²) in [6.45, 7) is 9.76. The van der Waals surface area contributed by atoms with Crippen molar-refractivity contribution < 1.29 is 4.79 Å². The fraction of sp³-hybridized carbons (Fsp3) is 0.478. The highest BCUT2D eigenvalue weighted by Gasteiger charge is 2.28. The molecule has 1 fully saturated rings. The molecule has 0 saturated carbocycles. The van der Waals surface area contributed by atoms with Crippen molar-refractivity contribution in [2.45, 2.75) is 53.0 Å². The van der Waals surface area contributed by atoms with E-state index in [1.165, 1.54) is 0 Å². The van der Waals surface area contributed by atoms with E-state index in [-0.39, 0.29) is 17.9 Å². The number of hydrogen-bond acceptors (Lipinski definition) is 5. The van der Waals surface area contributed by atoms with Crippen LogP contribution in [0.4, 0.5) is 5.82 Å². The van der Waals surface area contributed by atoms with Crippen LogP contribution in [-0.2, 0) is 4.79 Å². The molecule has 3 heterocycles. The molecule has 1 aliphatic heterocycles. The summed E-state index contributed by atoms with van der Waals surface area (Å²) in [5, 5.41) is 18.0. The van der Waals surface area contributed by atoms with Gasteiger partial charge in [-0.3, -0.25) is 4.79 Å². The summed E-state index contributed by atoms with van der Waals surface area (Å²) in [4.78, 5) is 14.7. The van der Waals surface area contributed by atoms with E-state index in [0.717, 1.165) is 66.1 Å². The summed E-state index contributed by atoms with van der Waals surface area (Å²) in [5.74, 6) is 1.05. The normalized spacial score (nSPS) is 16.1. The molecular weight excluding hydrogens is 376 g/mol. The molecule has 0 unspecified atom stereocenters.